The van der Waals surface area contributed by atoms with Gasteiger partial charge in [0.25, 0.3) is 5.91 Å². The maximum absolute atomic E-state index is 13.8. The Morgan fingerprint density at radius 1 is 1.63 bits per heavy atom. The molecule has 2 heterocycles. The van der Waals surface area contributed by atoms with Crippen LogP contribution in [0.2, 0.25) is 0 Å². The van der Waals surface area contributed by atoms with Crippen LogP contribution in [-0.2, 0) is 4.74 Å². The number of hydrogen-bond acceptors (Lipinski definition) is 4. The maximum atomic E-state index is 13.8. The van der Waals surface area contributed by atoms with Gasteiger partial charge in [0.15, 0.2) is 11.6 Å². The fourth-order valence-corrected chi connectivity index (χ4v) is 2.09. The highest BCUT2D eigenvalue weighted by atomic mass is 19.1. The number of nitrogens with one attached hydrogen (secondary N) is 2. The Bertz CT molecular complexity index is 448. The van der Waals surface area contributed by atoms with Gasteiger partial charge >= 0.3 is 0 Å². The summed E-state index contributed by atoms with van der Waals surface area (Å²) in [6.07, 6.45) is 3.30. The van der Waals surface area contributed by atoms with Crippen molar-refractivity contribution < 1.29 is 13.9 Å². The molecule has 6 heteroatoms. The van der Waals surface area contributed by atoms with Gasteiger partial charge in [0.1, 0.15) is 0 Å². The van der Waals surface area contributed by atoms with Crippen LogP contribution in [0.3, 0.4) is 0 Å². The molecule has 1 saturated heterocycles. The highest BCUT2D eigenvalue weighted by molar-refractivity contribution is 5.95. The second kappa shape index (κ2) is 6.47. The topological polar surface area (TPSA) is 63.2 Å². The van der Waals surface area contributed by atoms with Crippen LogP contribution in [0.4, 0.5) is 10.2 Å². The lowest BCUT2D eigenvalue weighted by molar-refractivity contribution is 0.0946. The summed E-state index contributed by atoms with van der Waals surface area (Å²) in [7, 11) is 1.56. The Kier molecular flexibility index (Phi) is 4.68. The third kappa shape index (κ3) is 3.41. The van der Waals surface area contributed by atoms with Crippen LogP contribution in [0.25, 0.3) is 0 Å². The summed E-state index contributed by atoms with van der Waals surface area (Å²) >= 11 is 0. The Morgan fingerprint density at radius 2 is 2.47 bits per heavy atom. The molecule has 1 aromatic rings. The Balaban J connectivity index is 1.88. The fourth-order valence-electron chi connectivity index (χ4n) is 2.09. The van der Waals surface area contributed by atoms with E-state index in [0.29, 0.717) is 12.5 Å². The van der Waals surface area contributed by atoms with Gasteiger partial charge in [-0.05, 0) is 24.8 Å². The third-order valence-electron chi connectivity index (χ3n) is 3.23. The lowest BCUT2D eigenvalue weighted by Crippen LogP contribution is -2.27. The summed E-state index contributed by atoms with van der Waals surface area (Å²) < 4.78 is 19.1. The molecule has 0 aromatic carbocycles. The molecule has 19 heavy (non-hydrogen) atoms. The maximum Gasteiger partial charge on any atom is 0.254 e. The second-order valence-corrected chi connectivity index (χ2v) is 4.55. The van der Waals surface area contributed by atoms with Gasteiger partial charge in [-0.3, -0.25) is 4.79 Å². The molecule has 1 unspecified atom stereocenters. The minimum atomic E-state index is -0.619. The van der Waals surface area contributed by atoms with Gasteiger partial charge in [0.05, 0.1) is 5.56 Å². The standard InChI is InChI=1S/C13H18FN3O2/c1-15-12-11(14)10(3-6-16-12)13(18)17-5-2-9-4-7-19-8-9/h3,6,9H,2,4-5,7-8H2,1H3,(H,15,16)(H,17,18). The van der Waals surface area contributed by atoms with E-state index >= 15 is 0 Å². The highest BCUT2D eigenvalue weighted by Gasteiger charge is 2.17. The van der Waals surface area contributed by atoms with Crippen LogP contribution in [0, 0.1) is 11.7 Å². The molecule has 2 rings (SSSR count). The van der Waals surface area contributed by atoms with E-state index in [1.165, 1.54) is 12.3 Å². The molecule has 104 valence electrons. The quantitative estimate of drug-likeness (QED) is 0.847. The summed E-state index contributed by atoms with van der Waals surface area (Å²) in [4.78, 5) is 15.7. The van der Waals surface area contributed by atoms with E-state index in [2.05, 4.69) is 15.6 Å². The fraction of sp³-hybridized carbons (Fsp3) is 0.538. The molecule has 0 bridgehead atoms. The van der Waals surface area contributed by atoms with Crippen molar-refractivity contribution in [2.24, 2.45) is 5.92 Å². The zero-order chi connectivity index (χ0) is 13.7. The molecule has 1 aromatic heterocycles. The summed E-state index contributed by atoms with van der Waals surface area (Å²) in [5, 5.41) is 5.34. The van der Waals surface area contributed by atoms with Crippen molar-refractivity contribution in [1.82, 2.24) is 10.3 Å². The zero-order valence-electron chi connectivity index (χ0n) is 10.9. The monoisotopic (exact) mass is 267 g/mol. The SMILES string of the molecule is CNc1nccc(C(=O)NCCC2CCOC2)c1F. The van der Waals surface area contributed by atoms with Crippen molar-refractivity contribution >= 4 is 11.7 Å². The molecule has 5 nitrogen and oxygen atoms in total. The molecular weight excluding hydrogens is 249 g/mol. The number of pyridine rings is 1. The lowest BCUT2D eigenvalue weighted by atomic mass is 10.1. The number of anilines is 1. The molecule has 1 amide bonds. The smallest absolute Gasteiger partial charge is 0.254 e. The van der Waals surface area contributed by atoms with E-state index in [9.17, 15) is 9.18 Å². The Morgan fingerprint density at radius 3 is 3.16 bits per heavy atom. The first kappa shape index (κ1) is 13.7. The zero-order valence-corrected chi connectivity index (χ0v) is 10.9. The summed E-state index contributed by atoms with van der Waals surface area (Å²) in [5.74, 6) is -0.450. The molecule has 1 aliphatic heterocycles. The van der Waals surface area contributed by atoms with Crippen LogP contribution in [-0.4, -0.2) is 37.7 Å². The van der Waals surface area contributed by atoms with Crippen molar-refractivity contribution in [3.63, 3.8) is 0 Å². The number of halogens is 1. The molecule has 0 saturated carbocycles. The number of ether oxygens (including phenoxy) is 1. The number of aromatic nitrogens is 1. The average molecular weight is 267 g/mol. The van der Waals surface area contributed by atoms with E-state index in [1.807, 2.05) is 0 Å². The van der Waals surface area contributed by atoms with Gasteiger partial charge in [0.2, 0.25) is 0 Å². The van der Waals surface area contributed by atoms with Crippen LogP contribution < -0.4 is 10.6 Å². The van der Waals surface area contributed by atoms with E-state index in [4.69, 9.17) is 4.74 Å². The van der Waals surface area contributed by atoms with Crippen LogP contribution >= 0.6 is 0 Å². The first-order chi connectivity index (χ1) is 9.22. The highest BCUT2D eigenvalue weighted by Crippen LogP contribution is 2.16. The van der Waals surface area contributed by atoms with E-state index in [-0.39, 0.29) is 11.4 Å². The van der Waals surface area contributed by atoms with E-state index < -0.39 is 11.7 Å². The minimum absolute atomic E-state index is 0.0158. The number of carbonyl (C=O) groups is 1. The predicted molar refractivity (Wildman–Crippen MR) is 69.6 cm³/mol. The average Bonchev–Trinajstić information content (AvgIpc) is 2.92. The first-order valence-electron chi connectivity index (χ1n) is 6.40. The van der Waals surface area contributed by atoms with Crippen LogP contribution in [0.1, 0.15) is 23.2 Å². The second-order valence-electron chi connectivity index (χ2n) is 4.55. The summed E-state index contributed by atoms with van der Waals surface area (Å²) in [6, 6.07) is 1.38. The van der Waals surface area contributed by atoms with Crippen molar-refractivity contribution in [1.29, 1.82) is 0 Å². The Hall–Kier alpha value is -1.69. The molecule has 1 atom stereocenters. The Labute approximate surface area is 111 Å². The molecule has 2 N–H and O–H groups in total. The number of nitrogens with zero attached hydrogens (tertiary/aromatic N) is 1. The van der Waals surface area contributed by atoms with Gasteiger partial charge in [-0.1, -0.05) is 0 Å². The summed E-state index contributed by atoms with van der Waals surface area (Å²) in [5.41, 5.74) is 0.0158. The largest absolute Gasteiger partial charge is 0.381 e. The van der Waals surface area contributed by atoms with E-state index in [1.54, 1.807) is 7.05 Å². The van der Waals surface area contributed by atoms with Crippen molar-refractivity contribution in [3.05, 3.63) is 23.6 Å². The minimum Gasteiger partial charge on any atom is -0.381 e. The van der Waals surface area contributed by atoms with Gasteiger partial charge in [-0.25, -0.2) is 9.37 Å². The van der Waals surface area contributed by atoms with Gasteiger partial charge in [0, 0.05) is 33.0 Å². The normalized spacial score (nSPS) is 18.3. The molecule has 0 spiro atoms. The predicted octanol–water partition coefficient (Wildman–Crippen LogP) is 1.42. The third-order valence-corrected chi connectivity index (χ3v) is 3.23. The number of carbonyl (C=O) groups excluding carboxylic acids is 1. The van der Waals surface area contributed by atoms with E-state index in [0.717, 1.165) is 26.1 Å². The summed E-state index contributed by atoms with van der Waals surface area (Å²) in [6.45, 7) is 2.08. The number of rotatable bonds is 5. The lowest BCUT2D eigenvalue weighted by Gasteiger charge is -2.10. The van der Waals surface area contributed by atoms with Crippen molar-refractivity contribution in [2.45, 2.75) is 12.8 Å². The number of hydrogen-bond donors (Lipinski definition) is 2. The first-order valence-corrected chi connectivity index (χ1v) is 6.40. The van der Waals surface area contributed by atoms with Gasteiger partial charge < -0.3 is 15.4 Å². The molecule has 0 radical (unpaired) electrons. The van der Waals surface area contributed by atoms with Gasteiger partial charge in [-0.2, -0.15) is 0 Å². The number of amides is 1. The molecule has 0 aliphatic carbocycles. The molecule has 1 fully saturated rings. The van der Waals surface area contributed by atoms with Crippen molar-refractivity contribution in [2.75, 3.05) is 32.1 Å². The van der Waals surface area contributed by atoms with Crippen LogP contribution in [0.15, 0.2) is 12.3 Å². The van der Waals surface area contributed by atoms with Crippen LogP contribution in [0.5, 0.6) is 0 Å². The molecule has 1 aliphatic rings. The molecular formula is C13H18FN3O2. The van der Waals surface area contributed by atoms with Crippen molar-refractivity contribution in [3.8, 4) is 0 Å². The van der Waals surface area contributed by atoms with Gasteiger partial charge in [-0.15, -0.1) is 0 Å².